The van der Waals surface area contributed by atoms with E-state index in [9.17, 15) is 0 Å². The third-order valence-electron chi connectivity index (χ3n) is 2.68. The lowest BCUT2D eigenvalue weighted by atomic mass is 10.2. The summed E-state index contributed by atoms with van der Waals surface area (Å²) in [5.41, 5.74) is 9.92. The van der Waals surface area contributed by atoms with E-state index in [4.69, 9.17) is 5.73 Å². The normalized spacial score (nSPS) is 10.2. The molecule has 3 heteroatoms. The smallest absolute Gasteiger partial charge is 0.0617 e. The lowest BCUT2D eigenvalue weighted by molar-refractivity contribution is 0.885. The highest BCUT2D eigenvalue weighted by atomic mass is 15.1. The molecule has 3 nitrogen and oxygen atoms in total. The maximum absolute atomic E-state index is 5.74. The summed E-state index contributed by atoms with van der Waals surface area (Å²) < 4.78 is 0. The van der Waals surface area contributed by atoms with Crippen LogP contribution in [-0.4, -0.2) is 12.0 Å². The fourth-order valence-electron chi connectivity index (χ4n) is 1.78. The molecule has 0 aliphatic carbocycles. The Morgan fingerprint density at radius 3 is 2.76 bits per heavy atom. The first kappa shape index (κ1) is 11.5. The SMILES string of the molecule is Cc1cccc(N(C)Cc2cc(N)ccn2)c1. The van der Waals surface area contributed by atoms with Crippen LogP contribution in [0, 0.1) is 6.92 Å². The van der Waals surface area contributed by atoms with Crippen molar-refractivity contribution in [1.82, 2.24) is 4.98 Å². The van der Waals surface area contributed by atoms with Crippen molar-refractivity contribution in [3.05, 3.63) is 53.9 Å². The molecule has 0 atom stereocenters. The molecule has 0 unspecified atom stereocenters. The Labute approximate surface area is 102 Å². The van der Waals surface area contributed by atoms with Crippen LogP contribution in [0.1, 0.15) is 11.3 Å². The Morgan fingerprint density at radius 2 is 2.06 bits per heavy atom. The van der Waals surface area contributed by atoms with Crippen LogP contribution in [0.3, 0.4) is 0 Å². The third kappa shape index (κ3) is 2.97. The van der Waals surface area contributed by atoms with Crippen LogP contribution < -0.4 is 10.6 Å². The topological polar surface area (TPSA) is 42.1 Å². The number of nitrogens with zero attached hydrogens (tertiary/aromatic N) is 2. The summed E-state index contributed by atoms with van der Waals surface area (Å²) in [5, 5.41) is 0. The first-order valence-electron chi connectivity index (χ1n) is 5.63. The van der Waals surface area contributed by atoms with E-state index in [1.54, 1.807) is 12.3 Å². The minimum atomic E-state index is 0.757. The van der Waals surface area contributed by atoms with Crippen LogP contribution in [0.4, 0.5) is 11.4 Å². The summed E-state index contributed by atoms with van der Waals surface area (Å²) in [6, 6.07) is 12.1. The molecule has 2 rings (SSSR count). The van der Waals surface area contributed by atoms with Gasteiger partial charge < -0.3 is 10.6 Å². The van der Waals surface area contributed by atoms with Gasteiger partial charge in [-0.3, -0.25) is 4.98 Å². The highest BCUT2D eigenvalue weighted by molar-refractivity contribution is 5.48. The second-order valence-corrected chi connectivity index (χ2v) is 4.28. The Bertz CT molecular complexity index is 508. The molecule has 0 amide bonds. The molecule has 0 aliphatic rings. The van der Waals surface area contributed by atoms with Crippen molar-refractivity contribution >= 4 is 11.4 Å². The average Bonchev–Trinajstić information content (AvgIpc) is 2.29. The first-order valence-corrected chi connectivity index (χ1v) is 5.63. The third-order valence-corrected chi connectivity index (χ3v) is 2.68. The van der Waals surface area contributed by atoms with Crippen molar-refractivity contribution < 1.29 is 0 Å². The maximum Gasteiger partial charge on any atom is 0.0617 e. The van der Waals surface area contributed by atoms with Crippen molar-refractivity contribution in [3.8, 4) is 0 Å². The number of aromatic nitrogens is 1. The van der Waals surface area contributed by atoms with Crippen molar-refractivity contribution in [2.24, 2.45) is 0 Å². The second-order valence-electron chi connectivity index (χ2n) is 4.28. The molecule has 1 heterocycles. The standard InChI is InChI=1S/C14H17N3/c1-11-4-3-5-14(8-11)17(2)10-13-9-12(15)6-7-16-13/h3-9H,10H2,1-2H3,(H2,15,16). The van der Waals surface area contributed by atoms with E-state index < -0.39 is 0 Å². The van der Waals surface area contributed by atoms with E-state index in [0.29, 0.717) is 0 Å². The number of aryl methyl sites for hydroxylation is 1. The van der Waals surface area contributed by atoms with Gasteiger partial charge in [0, 0.05) is 24.6 Å². The van der Waals surface area contributed by atoms with Gasteiger partial charge in [-0.2, -0.15) is 0 Å². The van der Waals surface area contributed by atoms with Crippen molar-refractivity contribution in [2.45, 2.75) is 13.5 Å². The van der Waals surface area contributed by atoms with E-state index in [2.05, 4.69) is 48.1 Å². The Balaban J connectivity index is 2.14. The minimum absolute atomic E-state index is 0.757. The molecule has 0 fully saturated rings. The van der Waals surface area contributed by atoms with Gasteiger partial charge in [0.05, 0.1) is 12.2 Å². The zero-order valence-electron chi connectivity index (χ0n) is 10.2. The van der Waals surface area contributed by atoms with Gasteiger partial charge in [0.15, 0.2) is 0 Å². The van der Waals surface area contributed by atoms with Crippen LogP contribution >= 0.6 is 0 Å². The van der Waals surface area contributed by atoms with E-state index in [1.807, 2.05) is 6.07 Å². The summed E-state index contributed by atoms with van der Waals surface area (Å²) in [5.74, 6) is 0. The molecule has 1 aromatic heterocycles. The molecule has 0 bridgehead atoms. The molecule has 0 saturated heterocycles. The monoisotopic (exact) mass is 227 g/mol. The van der Waals surface area contributed by atoms with Gasteiger partial charge in [0.25, 0.3) is 0 Å². The quantitative estimate of drug-likeness (QED) is 0.876. The molecule has 0 spiro atoms. The molecule has 2 N–H and O–H groups in total. The number of pyridine rings is 1. The van der Waals surface area contributed by atoms with Crippen molar-refractivity contribution in [3.63, 3.8) is 0 Å². The van der Waals surface area contributed by atoms with Gasteiger partial charge in [-0.05, 0) is 36.8 Å². The number of rotatable bonds is 3. The highest BCUT2D eigenvalue weighted by Crippen LogP contribution is 2.16. The van der Waals surface area contributed by atoms with Gasteiger partial charge >= 0.3 is 0 Å². The number of benzene rings is 1. The molecular formula is C14H17N3. The molecular weight excluding hydrogens is 210 g/mol. The summed E-state index contributed by atoms with van der Waals surface area (Å²) in [6.45, 7) is 2.85. The number of hydrogen-bond acceptors (Lipinski definition) is 3. The zero-order valence-corrected chi connectivity index (χ0v) is 10.2. The highest BCUT2D eigenvalue weighted by Gasteiger charge is 2.03. The zero-order chi connectivity index (χ0) is 12.3. The maximum atomic E-state index is 5.74. The fraction of sp³-hybridized carbons (Fsp3) is 0.214. The molecule has 88 valence electrons. The van der Waals surface area contributed by atoms with Gasteiger partial charge in [0.2, 0.25) is 0 Å². The summed E-state index contributed by atoms with van der Waals surface area (Å²) in [7, 11) is 2.06. The Kier molecular flexibility index (Phi) is 3.28. The number of anilines is 2. The van der Waals surface area contributed by atoms with E-state index in [1.165, 1.54) is 11.3 Å². The summed E-state index contributed by atoms with van der Waals surface area (Å²) in [6.07, 6.45) is 1.74. The summed E-state index contributed by atoms with van der Waals surface area (Å²) >= 11 is 0. The Hall–Kier alpha value is -2.03. The minimum Gasteiger partial charge on any atom is -0.399 e. The average molecular weight is 227 g/mol. The van der Waals surface area contributed by atoms with Gasteiger partial charge in [-0.15, -0.1) is 0 Å². The summed E-state index contributed by atoms with van der Waals surface area (Å²) in [4.78, 5) is 6.47. The number of hydrogen-bond donors (Lipinski definition) is 1. The number of nitrogens with two attached hydrogens (primary N) is 1. The van der Waals surface area contributed by atoms with E-state index >= 15 is 0 Å². The van der Waals surface area contributed by atoms with Gasteiger partial charge in [-0.1, -0.05) is 12.1 Å². The van der Waals surface area contributed by atoms with E-state index in [-0.39, 0.29) is 0 Å². The van der Waals surface area contributed by atoms with Crippen LogP contribution in [0.25, 0.3) is 0 Å². The molecule has 1 aromatic carbocycles. The second kappa shape index (κ2) is 4.87. The van der Waals surface area contributed by atoms with E-state index in [0.717, 1.165) is 17.9 Å². The van der Waals surface area contributed by atoms with Crippen molar-refractivity contribution in [1.29, 1.82) is 0 Å². The fourth-order valence-corrected chi connectivity index (χ4v) is 1.78. The molecule has 0 radical (unpaired) electrons. The van der Waals surface area contributed by atoms with Crippen LogP contribution in [0.15, 0.2) is 42.6 Å². The van der Waals surface area contributed by atoms with Gasteiger partial charge in [0.1, 0.15) is 0 Å². The predicted molar refractivity (Wildman–Crippen MR) is 71.9 cm³/mol. The lowest BCUT2D eigenvalue weighted by Gasteiger charge is -2.19. The lowest BCUT2D eigenvalue weighted by Crippen LogP contribution is -2.17. The van der Waals surface area contributed by atoms with Crippen LogP contribution in [-0.2, 0) is 6.54 Å². The molecule has 17 heavy (non-hydrogen) atoms. The number of nitrogen functional groups attached to an aromatic ring is 1. The van der Waals surface area contributed by atoms with Crippen LogP contribution in [0.5, 0.6) is 0 Å². The van der Waals surface area contributed by atoms with Crippen LogP contribution in [0.2, 0.25) is 0 Å². The first-order chi connectivity index (χ1) is 8.15. The largest absolute Gasteiger partial charge is 0.399 e. The Morgan fingerprint density at radius 1 is 1.24 bits per heavy atom. The predicted octanol–water partition coefficient (Wildman–Crippen LogP) is 2.61. The molecule has 0 aliphatic heterocycles. The molecule has 2 aromatic rings. The van der Waals surface area contributed by atoms with Gasteiger partial charge in [-0.25, -0.2) is 0 Å². The van der Waals surface area contributed by atoms with Crippen molar-refractivity contribution in [2.75, 3.05) is 17.7 Å². The molecule has 0 saturated carbocycles.